The molecule has 0 amide bonds. The summed E-state index contributed by atoms with van der Waals surface area (Å²) in [6.07, 6.45) is 0. The first kappa shape index (κ1) is 20.1. The molecule has 1 rings (SSSR count). The van der Waals surface area contributed by atoms with Crippen molar-refractivity contribution < 1.29 is 20.1 Å². The number of benzene rings is 1. The fraction of sp³-hybridized carbons (Fsp3) is 0.647. The van der Waals surface area contributed by atoms with Crippen molar-refractivity contribution in [2.75, 3.05) is 26.4 Å². The summed E-state index contributed by atoms with van der Waals surface area (Å²) in [6, 6.07) is 10.0. The maximum Gasteiger partial charge on any atom is 0.0717 e. The molecule has 1 aromatic rings. The standard InChI is InChI=1S/C12H18O2.C5H12O2/c1-12(2,9-13)10-14-8-11-6-4-3-5-7-11;1-5(2,3-6)4-7/h3-7,13H,8-10H2,1-2H3;6-7H,3-4H2,1-2H3. The molecule has 0 saturated carbocycles. The summed E-state index contributed by atoms with van der Waals surface area (Å²) in [4.78, 5) is 0. The Morgan fingerprint density at radius 3 is 1.67 bits per heavy atom. The van der Waals surface area contributed by atoms with Crippen molar-refractivity contribution in [3.63, 3.8) is 0 Å². The van der Waals surface area contributed by atoms with Crippen LogP contribution in [-0.2, 0) is 11.3 Å². The Balaban J connectivity index is 0.000000486. The van der Waals surface area contributed by atoms with Gasteiger partial charge in [-0.1, -0.05) is 58.0 Å². The van der Waals surface area contributed by atoms with Crippen LogP contribution in [0.2, 0.25) is 0 Å². The summed E-state index contributed by atoms with van der Waals surface area (Å²) < 4.78 is 5.52. The average molecular weight is 298 g/mol. The van der Waals surface area contributed by atoms with Gasteiger partial charge in [0.15, 0.2) is 0 Å². The van der Waals surface area contributed by atoms with Gasteiger partial charge in [-0.2, -0.15) is 0 Å². The molecule has 0 fully saturated rings. The van der Waals surface area contributed by atoms with Crippen LogP contribution < -0.4 is 0 Å². The quantitative estimate of drug-likeness (QED) is 0.722. The summed E-state index contributed by atoms with van der Waals surface area (Å²) in [5, 5.41) is 25.9. The normalized spacial score (nSPS) is 11.8. The Hall–Kier alpha value is -0.940. The molecule has 0 unspecified atom stereocenters. The molecule has 0 bridgehead atoms. The first-order valence-corrected chi connectivity index (χ1v) is 7.20. The van der Waals surface area contributed by atoms with Crippen LogP contribution in [0.25, 0.3) is 0 Å². The number of ether oxygens (including phenoxy) is 1. The number of hydrogen-bond acceptors (Lipinski definition) is 4. The van der Waals surface area contributed by atoms with Crippen LogP contribution >= 0.6 is 0 Å². The maximum absolute atomic E-state index is 9.01. The lowest BCUT2D eigenvalue weighted by Crippen LogP contribution is -2.23. The van der Waals surface area contributed by atoms with E-state index < -0.39 is 0 Å². The summed E-state index contributed by atoms with van der Waals surface area (Å²) in [5.41, 5.74) is 0.718. The van der Waals surface area contributed by atoms with E-state index in [4.69, 9.17) is 20.1 Å². The first-order valence-electron chi connectivity index (χ1n) is 7.20. The van der Waals surface area contributed by atoms with E-state index in [0.29, 0.717) is 13.2 Å². The summed E-state index contributed by atoms with van der Waals surface area (Å²) in [7, 11) is 0. The molecule has 0 aliphatic carbocycles. The average Bonchev–Trinajstić information content (AvgIpc) is 2.49. The molecular formula is C17H30O4. The monoisotopic (exact) mass is 298 g/mol. The molecule has 122 valence electrons. The van der Waals surface area contributed by atoms with Crippen molar-refractivity contribution in [3.8, 4) is 0 Å². The number of aliphatic hydroxyl groups is 3. The van der Waals surface area contributed by atoms with Crippen molar-refractivity contribution in [3.05, 3.63) is 35.9 Å². The minimum atomic E-state index is -0.306. The second-order valence-electron chi connectivity index (χ2n) is 6.78. The Kier molecular flexibility index (Phi) is 9.46. The smallest absolute Gasteiger partial charge is 0.0717 e. The molecule has 4 heteroatoms. The number of hydrogen-bond donors (Lipinski definition) is 3. The van der Waals surface area contributed by atoms with Crippen LogP contribution in [0, 0.1) is 10.8 Å². The van der Waals surface area contributed by atoms with Gasteiger partial charge >= 0.3 is 0 Å². The molecule has 0 saturated heterocycles. The molecular weight excluding hydrogens is 268 g/mol. The third kappa shape index (κ3) is 10.4. The van der Waals surface area contributed by atoms with Crippen molar-refractivity contribution in [2.24, 2.45) is 10.8 Å². The molecule has 0 aliphatic heterocycles. The molecule has 0 aromatic heterocycles. The van der Waals surface area contributed by atoms with E-state index in [-0.39, 0.29) is 30.7 Å². The SMILES string of the molecule is CC(C)(CO)CO.CC(C)(CO)COCc1ccccc1. The van der Waals surface area contributed by atoms with Gasteiger partial charge in [0.25, 0.3) is 0 Å². The van der Waals surface area contributed by atoms with Crippen molar-refractivity contribution in [1.29, 1.82) is 0 Å². The predicted octanol–water partition coefficient (Wildman–Crippen LogP) is 2.22. The largest absolute Gasteiger partial charge is 0.396 e. The van der Waals surface area contributed by atoms with Crippen LogP contribution in [-0.4, -0.2) is 41.7 Å². The van der Waals surface area contributed by atoms with E-state index in [9.17, 15) is 0 Å². The van der Waals surface area contributed by atoms with E-state index in [2.05, 4.69) is 0 Å². The lowest BCUT2D eigenvalue weighted by atomic mass is 9.97. The molecule has 21 heavy (non-hydrogen) atoms. The summed E-state index contributed by atoms with van der Waals surface area (Å²) >= 11 is 0. The highest BCUT2D eigenvalue weighted by atomic mass is 16.5. The zero-order chi connectivity index (χ0) is 16.4. The van der Waals surface area contributed by atoms with Gasteiger partial charge in [-0.25, -0.2) is 0 Å². The first-order chi connectivity index (χ1) is 9.76. The predicted molar refractivity (Wildman–Crippen MR) is 84.9 cm³/mol. The van der Waals surface area contributed by atoms with Crippen molar-refractivity contribution >= 4 is 0 Å². The van der Waals surface area contributed by atoms with Gasteiger partial charge in [0.2, 0.25) is 0 Å². The maximum atomic E-state index is 9.01. The molecule has 0 spiro atoms. The molecule has 3 N–H and O–H groups in total. The molecule has 0 atom stereocenters. The van der Waals surface area contributed by atoms with Gasteiger partial charge in [-0.05, 0) is 5.56 Å². The Morgan fingerprint density at radius 2 is 1.29 bits per heavy atom. The second-order valence-corrected chi connectivity index (χ2v) is 6.78. The second kappa shape index (κ2) is 9.90. The van der Waals surface area contributed by atoms with Crippen LogP contribution in [0.3, 0.4) is 0 Å². The zero-order valence-electron chi connectivity index (χ0n) is 13.7. The van der Waals surface area contributed by atoms with Crippen molar-refractivity contribution in [2.45, 2.75) is 34.3 Å². The Morgan fingerprint density at radius 1 is 0.810 bits per heavy atom. The van der Waals surface area contributed by atoms with E-state index >= 15 is 0 Å². The van der Waals surface area contributed by atoms with Crippen LogP contribution in [0.5, 0.6) is 0 Å². The lowest BCUT2D eigenvalue weighted by molar-refractivity contribution is 0.0198. The molecule has 0 aliphatic rings. The topological polar surface area (TPSA) is 69.9 Å². The van der Waals surface area contributed by atoms with Gasteiger partial charge in [0.05, 0.1) is 33.0 Å². The lowest BCUT2D eigenvalue weighted by Gasteiger charge is -2.21. The third-order valence-corrected chi connectivity index (χ3v) is 2.89. The van der Waals surface area contributed by atoms with E-state index in [1.54, 1.807) is 13.8 Å². The Labute approximate surface area is 128 Å². The minimum Gasteiger partial charge on any atom is -0.396 e. The fourth-order valence-electron chi connectivity index (χ4n) is 1.12. The number of rotatable bonds is 7. The molecule has 0 radical (unpaired) electrons. The van der Waals surface area contributed by atoms with Gasteiger partial charge < -0.3 is 20.1 Å². The van der Waals surface area contributed by atoms with E-state index in [1.165, 1.54) is 5.56 Å². The van der Waals surface area contributed by atoms with Gasteiger partial charge in [-0.3, -0.25) is 0 Å². The Bertz CT molecular complexity index is 354. The fourth-order valence-corrected chi connectivity index (χ4v) is 1.12. The minimum absolute atomic E-state index is 0.0451. The van der Waals surface area contributed by atoms with Crippen LogP contribution in [0.15, 0.2) is 30.3 Å². The van der Waals surface area contributed by atoms with Crippen LogP contribution in [0.4, 0.5) is 0 Å². The highest BCUT2D eigenvalue weighted by Crippen LogP contribution is 2.14. The van der Waals surface area contributed by atoms with E-state index in [0.717, 1.165) is 0 Å². The van der Waals surface area contributed by atoms with Gasteiger partial charge in [-0.15, -0.1) is 0 Å². The van der Waals surface area contributed by atoms with Gasteiger partial charge in [0.1, 0.15) is 0 Å². The highest BCUT2D eigenvalue weighted by Gasteiger charge is 2.16. The molecule has 0 heterocycles. The van der Waals surface area contributed by atoms with Gasteiger partial charge in [0, 0.05) is 10.8 Å². The highest BCUT2D eigenvalue weighted by molar-refractivity contribution is 5.13. The summed E-state index contributed by atoms with van der Waals surface area (Å²) in [5.74, 6) is 0. The molecule has 1 aromatic carbocycles. The summed E-state index contributed by atoms with van der Waals surface area (Å²) in [6.45, 7) is 9.01. The van der Waals surface area contributed by atoms with E-state index in [1.807, 2.05) is 44.2 Å². The van der Waals surface area contributed by atoms with Crippen molar-refractivity contribution in [1.82, 2.24) is 0 Å². The zero-order valence-corrected chi connectivity index (χ0v) is 13.7. The molecule has 4 nitrogen and oxygen atoms in total. The van der Waals surface area contributed by atoms with Crippen LogP contribution in [0.1, 0.15) is 33.3 Å². The third-order valence-electron chi connectivity index (χ3n) is 2.89. The number of aliphatic hydroxyl groups excluding tert-OH is 3.